The van der Waals surface area contributed by atoms with Crippen LogP contribution in [0.4, 0.5) is 0 Å². The first-order chi connectivity index (χ1) is 8.54. The number of hydrogen-bond donors (Lipinski definition) is 3. The molecule has 18 heavy (non-hydrogen) atoms. The molecule has 1 rings (SSSR count). The monoisotopic (exact) mass is 253 g/mol. The summed E-state index contributed by atoms with van der Waals surface area (Å²) in [5, 5.41) is 23.7. The molecule has 1 aromatic heterocycles. The molecule has 1 atom stereocenters. The van der Waals surface area contributed by atoms with Crippen LogP contribution in [0.3, 0.4) is 0 Å². The Morgan fingerprint density at radius 2 is 2.33 bits per heavy atom. The van der Waals surface area contributed by atoms with Crippen LogP contribution in [0, 0.1) is 0 Å². The van der Waals surface area contributed by atoms with Crippen molar-refractivity contribution in [3.63, 3.8) is 0 Å². The highest BCUT2D eigenvalue weighted by molar-refractivity contribution is 5.94. The Labute approximate surface area is 104 Å². The van der Waals surface area contributed by atoms with Gasteiger partial charge in [-0.2, -0.15) is 5.10 Å². The van der Waals surface area contributed by atoms with Crippen LogP contribution in [0.15, 0.2) is 18.3 Å². The van der Waals surface area contributed by atoms with Gasteiger partial charge in [-0.15, -0.1) is 0 Å². The number of rotatable bonds is 6. The lowest BCUT2D eigenvalue weighted by atomic mass is 10.2. The van der Waals surface area contributed by atoms with E-state index in [0.29, 0.717) is 0 Å². The van der Waals surface area contributed by atoms with Gasteiger partial charge in [-0.25, -0.2) is 4.79 Å². The Kier molecular flexibility index (Phi) is 5.06. The van der Waals surface area contributed by atoms with Gasteiger partial charge in [0.1, 0.15) is 6.04 Å². The minimum absolute atomic E-state index is 0.0272. The maximum atomic E-state index is 11.5. The molecule has 0 radical (unpaired) electrons. The predicted octanol–water partition coefficient (Wildman–Crippen LogP) is -0.615. The van der Waals surface area contributed by atoms with E-state index in [0.717, 1.165) is 5.69 Å². The maximum Gasteiger partial charge on any atom is 0.326 e. The molecule has 1 heterocycles. The van der Waals surface area contributed by atoms with Crippen molar-refractivity contribution < 1.29 is 19.8 Å². The molecule has 1 amide bonds. The number of carbonyl (C=O) groups excluding carboxylic acids is 1. The molecule has 3 N–H and O–H groups in total. The van der Waals surface area contributed by atoms with E-state index in [1.165, 1.54) is 12.2 Å². The molecular formula is C11H15N3O4. The summed E-state index contributed by atoms with van der Waals surface area (Å²) >= 11 is 0. The summed E-state index contributed by atoms with van der Waals surface area (Å²) in [5.74, 6) is -1.71. The summed E-state index contributed by atoms with van der Waals surface area (Å²) in [6.45, 7) is -0.303. The number of amides is 1. The van der Waals surface area contributed by atoms with Crippen molar-refractivity contribution in [2.45, 2.75) is 12.5 Å². The quantitative estimate of drug-likeness (QED) is 0.586. The van der Waals surface area contributed by atoms with E-state index in [9.17, 15) is 9.59 Å². The number of aliphatic hydroxyl groups excluding tert-OH is 1. The number of aromatic nitrogens is 2. The third-order valence-electron chi connectivity index (χ3n) is 2.30. The first-order valence-corrected chi connectivity index (χ1v) is 5.35. The number of carbonyl (C=O) groups is 2. The van der Waals surface area contributed by atoms with Crippen LogP contribution in [-0.4, -0.2) is 44.5 Å². The van der Waals surface area contributed by atoms with Crippen molar-refractivity contribution in [1.29, 1.82) is 0 Å². The van der Waals surface area contributed by atoms with Crippen LogP contribution < -0.4 is 5.32 Å². The number of aliphatic hydroxyl groups is 1. The van der Waals surface area contributed by atoms with Gasteiger partial charge in [-0.3, -0.25) is 9.48 Å². The van der Waals surface area contributed by atoms with E-state index in [4.69, 9.17) is 10.2 Å². The number of carboxylic acid groups (broad SMARTS) is 1. The number of nitrogens with one attached hydrogen (secondary N) is 1. The summed E-state index contributed by atoms with van der Waals surface area (Å²) in [6.07, 6.45) is 4.31. The van der Waals surface area contributed by atoms with Gasteiger partial charge in [-0.1, -0.05) is 0 Å². The van der Waals surface area contributed by atoms with Crippen LogP contribution in [0.2, 0.25) is 0 Å². The summed E-state index contributed by atoms with van der Waals surface area (Å²) in [4.78, 5) is 22.2. The molecule has 0 aliphatic heterocycles. The molecule has 7 heteroatoms. The Morgan fingerprint density at radius 1 is 1.61 bits per heavy atom. The predicted molar refractivity (Wildman–Crippen MR) is 63.5 cm³/mol. The molecule has 1 aromatic rings. The number of hydrogen-bond acceptors (Lipinski definition) is 4. The van der Waals surface area contributed by atoms with E-state index in [2.05, 4.69) is 10.4 Å². The fourth-order valence-electron chi connectivity index (χ4n) is 1.32. The standard InChI is InChI=1S/C11H15N3O4/c1-14-8(4-6-12-14)2-3-10(16)13-9(5-7-15)11(17)18/h2-4,6,9,15H,5,7H2,1H3,(H,13,16)(H,17,18)/b3-2+/t9-/m1/s1. The highest BCUT2D eigenvalue weighted by Gasteiger charge is 2.17. The first-order valence-electron chi connectivity index (χ1n) is 5.35. The molecule has 0 saturated heterocycles. The SMILES string of the molecule is Cn1nccc1/C=C/C(=O)N[C@H](CCO)C(=O)O. The lowest BCUT2D eigenvalue weighted by Gasteiger charge is -2.11. The van der Waals surface area contributed by atoms with Gasteiger partial charge < -0.3 is 15.5 Å². The summed E-state index contributed by atoms with van der Waals surface area (Å²) < 4.78 is 1.58. The highest BCUT2D eigenvalue weighted by atomic mass is 16.4. The molecule has 0 spiro atoms. The Balaban J connectivity index is 2.58. The Bertz CT molecular complexity index is 453. The first kappa shape index (κ1) is 13.9. The second kappa shape index (κ2) is 6.55. The zero-order valence-corrected chi connectivity index (χ0v) is 9.91. The average molecular weight is 253 g/mol. The fourth-order valence-corrected chi connectivity index (χ4v) is 1.32. The lowest BCUT2D eigenvalue weighted by molar-refractivity contribution is -0.141. The van der Waals surface area contributed by atoms with E-state index in [-0.39, 0.29) is 13.0 Å². The molecule has 0 unspecified atom stereocenters. The molecule has 0 fully saturated rings. The minimum Gasteiger partial charge on any atom is -0.480 e. The second-order valence-corrected chi connectivity index (χ2v) is 3.62. The van der Waals surface area contributed by atoms with E-state index in [1.807, 2.05) is 0 Å². The Morgan fingerprint density at radius 3 is 2.83 bits per heavy atom. The average Bonchev–Trinajstić information content (AvgIpc) is 2.71. The zero-order chi connectivity index (χ0) is 13.5. The van der Waals surface area contributed by atoms with Crippen LogP contribution in [0.1, 0.15) is 12.1 Å². The van der Waals surface area contributed by atoms with Crippen molar-refractivity contribution in [1.82, 2.24) is 15.1 Å². The van der Waals surface area contributed by atoms with Crippen molar-refractivity contribution in [2.75, 3.05) is 6.61 Å². The number of aliphatic carboxylic acids is 1. The Hall–Kier alpha value is -2.15. The number of nitrogens with zero attached hydrogens (tertiary/aromatic N) is 2. The van der Waals surface area contributed by atoms with Gasteiger partial charge in [0.2, 0.25) is 5.91 Å². The number of aryl methyl sites for hydroxylation is 1. The molecule has 98 valence electrons. The summed E-state index contributed by atoms with van der Waals surface area (Å²) in [7, 11) is 1.73. The fraction of sp³-hybridized carbons (Fsp3) is 0.364. The van der Waals surface area contributed by atoms with Gasteiger partial charge in [-0.05, 0) is 12.1 Å². The molecule has 7 nitrogen and oxygen atoms in total. The van der Waals surface area contributed by atoms with E-state index in [1.54, 1.807) is 24.0 Å². The van der Waals surface area contributed by atoms with Crippen molar-refractivity contribution in [3.05, 3.63) is 24.0 Å². The van der Waals surface area contributed by atoms with Crippen LogP contribution >= 0.6 is 0 Å². The van der Waals surface area contributed by atoms with Crippen LogP contribution in [-0.2, 0) is 16.6 Å². The topological polar surface area (TPSA) is 104 Å². The zero-order valence-electron chi connectivity index (χ0n) is 9.91. The van der Waals surface area contributed by atoms with Gasteiger partial charge >= 0.3 is 5.97 Å². The maximum absolute atomic E-state index is 11.5. The van der Waals surface area contributed by atoms with Gasteiger partial charge in [0, 0.05) is 32.3 Å². The van der Waals surface area contributed by atoms with E-state index < -0.39 is 17.9 Å². The minimum atomic E-state index is -1.17. The van der Waals surface area contributed by atoms with Crippen molar-refractivity contribution in [2.24, 2.45) is 7.05 Å². The third-order valence-corrected chi connectivity index (χ3v) is 2.30. The van der Waals surface area contributed by atoms with Crippen LogP contribution in [0.25, 0.3) is 6.08 Å². The lowest BCUT2D eigenvalue weighted by Crippen LogP contribution is -2.40. The molecule has 0 saturated carbocycles. The van der Waals surface area contributed by atoms with E-state index >= 15 is 0 Å². The summed E-state index contributed by atoms with van der Waals surface area (Å²) in [5.41, 5.74) is 0.721. The molecule has 0 aliphatic rings. The van der Waals surface area contributed by atoms with Gasteiger partial charge in [0.25, 0.3) is 0 Å². The van der Waals surface area contributed by atoms with Gasteiger partial charge in [0.15, 0.2) is 0 Å². The van der Waals surface area contributed by atoms with Gasteiger partial charge in [0.05, 0.1) is 5.69 Å². The second-order valence-electron chi connectivity index (χ2n) is 3.62. The molecule has 0 bridgehead atoms. The number of carboxylic acids is 1. The highest BCUT2D eigenvalue weighted by Crippen LogP contribution is 1.99. The summed E-state index contributed by atoms with van der Waals surface area (Å²) in [6, 6.07) is 0.630. The normalized spacial score (nSPS) is 12.6. The molecular weight excluding hydrogens is 238 g/mol. The smallest absolute Gasteiger partial charge is 0.326 e. The largest absolute Gasteiger partial charge is 0.480 e. The molecule has 0 aromatic carbocycles. The van der Waals surface area contributed by atoms with Crippen molar-refractivity contribution in [3.8, 4) is 0 Å². The third kappa shape index (κ3) is 4.02. The van der Waals surface area contributed by atoms with Crippen LogP contribution in [0.5, 0.6) is 0 Å². The van der Waals surface area contributed by atoms with Crippen molar-refractivity contribution >= 4 is 18.0 Å². The molecule has 0 aliphatic carbocycles.